The van der Waals surface area contributed by atoms with Gasteiger partial charge in [0, 0.05) is 0 Å². The molecule has 0 saturated heterocycles. The minimum absolute atomic E-state index is 0.0633. The molecule has 0 radical (unpaired) electrons. The lowest BCUT2D eigenvalue weighted by atomic mass is 10.5. The van der Waals surface area contributed by atoms with E-state index in [9.17, 15) is 4.79 Å². The van der Waals surface area contributed by atoms with Crippen LogP contribution in [0.4, 0.5) is 0 Å². The van der Waals surface area contributed by atoms with Gasteiger partial charge in [0.1, 0.15) is 9.88 Å². The molecule has 0 N–H and O–H groups in total. The molecule has 0 spiro atoms. The number of hydrogen-bond acceptors (Lipinski definition) is 5. The van der Waals surface area contributed by atoms with Crippen LogP contribution in [-0.4, -0.2) is 18.1 Å². The number of thiol groups is 1. The zero-order valence-corrected chi connectivity index (χ0v) is 8.48. The van der Waals surface area contributed by atoms with Gasteiger partial charge in [-0.3, -0.25) is 0 Å². The third kappa shape index (κ3) is 1.98. The van der Waals surface area contributed by atoms with Gasteiger partial charge in [0.25, 0.3) is 0 Å². The molecule has 0 aliphatic carbocycles. The van der Waals surface area contributed by atoms with Crippen LogP contribution in [0.15, 0.2) is 6.20 Å². The van der Waals surface area contributed by atoms with Crippen LogP contribution >= 0.6 is 24.0 Å². The van der Waals surface area contributed by atoms with E-state index in [-0.39, 0.29) is 11.2 Å². The third-order valence-electron chi connectivity index (χ3n) is 1.27. The van der Waals surface area contributed by atoms with Crippen molar-refractivity contribution in [2.75, 3.05) is 7.11 Å². The quantitative estimate of drug-likeness (QED) is 0.589. The van der Waals surface area contributed by atoms with Crippen LogP contribution in [0.3, 0.4) is 0 Å². The van der Waals surface area contributed by atoms with Gasteiger partial charge >= 0.3 is 5.97 Å². The van der Waals surface area contributed by atoms with Crippen molar-refractivity contribution in [2.24, 2.45) is 0 Å². The predicted octanol–water partition coefficient (Wildman–Crippen LogP) is 1.92. The molecule has 0 aromatic carbocycles. The van der Waals surface area contributed by atoms with E-state index in [2.05, 4.69) is 22.3 Å². The summed E-state index contributed by atoms with van der Waals surface area (Å²) in [5.41, 5.74) is 0. The summed E-state index contributed by atoms with van der Waals surface area (Å²) in [7, 11) is 1.35. The molecule has 1 aromatic rings. The Kier molecular flexibility index (Phi) is 3.11. The Morgan fingerprint density at radius 1 is 1.83 bits per heavy atom. The van der Waals surface area contributed by atoms with Crippen molar-refractivity contribution in [1.82, 2.24) is 4.98 Å². The number of aromatic nitrogens is 1. The molecule has 12 heavy (non-hydrogen) atoms. The summed E-state index contributed by atoms with van der Waals surface area (Å²) in [6.07, 6.45) is 1.51. The molecule has 0 fully saturated rings. The number of nitrogens with zero attached hydrogens (tertiary/aromatic N) is 1. The van der Waals surface area contributed by atoms with E-state index < -0.39 is 0 Å². The Bertz CT molecular complexity index is 283. The summed E-state index contributed by atoms with van der Waals surface area (Å²) in [5, 5.41) is 0.895. The highest BCUT2D eigenvalue weighted by Crippen LogP contribution is 2.24. The molecule has 0 aliphatic rings. The molecule has 1 unspecified atom stereocenters. The number of rotatable bonds is 2. The van der Waals surface area contributed by atoms with E-state index in [1.165, 1.54) is 24.6 Å². The van der Waals surface area contributed by atoms with Gasteiger partial charge in [-0.2, -0.15) is 12.6 Å². The average molecular weight is 203 g/mol. The number of hydrogen-bond donors (Lipinski definition) is 1. The van der Waals surface area contributed by atoms with Crippen molar-refractivity contribution in [1.29, 1.82) is 0 Å². The van der Waals surface area contributed by atoms with Crippen LogP contribution in [0.5, 0.6) is 0 Å². The summed E-state index contributed by atoms with van der Waals surface area (Å²) in [4.78, 5) is 15.5. The van der Waals surface area contributed by atoms with Crippen molar-refractivity contribution < 1.29 is 9.53 Å². The number of esters is 1. The van der Waals surface area contributed by atoms with Crippen molar-refractivity contribution >= 4 is 29.9 Å². The summed E-state index contributed by atoms with van der Waals surface area (Å²) in [6.45, 7) is 1.91. The first-order chi connectivity index (χ1) is 5.65. The topological polar surface area (TPSA) is 39.2 Å². The second-order valence-electron chi connectivity index (χ2n) is 2.23. The molecule has 1 atom stereocenters. The number of ether oxygens (including phenoxy) is 1. The van der Waals surface area contributed by atoms with E-state index in [0.717, 1.165) is 5.01 Å². The summed E-state index contributed by atoms with van der Waals surface area (Å²) < 4.78 is 4.54. The molecular formula is C7H9NO2S2. The third-order valence-corrected chi connectivity index (χ3v) is 2.85. The van der Waals surface area contributed by atoms with Crippen molar-refractivity contribution in [2.45, 2.75) is 12.2 Å². The smallest absolute Gasteiger partial charge is 0.349 e. The van der Waals surface area contributed by atoms with Gasteiger partial charge in [0.15, 0.2) is 0 Å². The fourth-order valence-electron chi connectivity index (χ4n) is 0.676. The Morgan fingerprint density at radius 2 is 2.50 bits per heavy atom. The van der Waals surface area contributed by atoms with E-state index in [0.29, 0.717) is 4.88 Å². The lowest BCUT2D eigenvalue weighted by Crippen LogP contribution is -1.96. The minimum atomic E-state index is -0.340. The Morgan fingerprint density at radius 3 is 2.92 bits per heavy atom. The normalized spacial score (nSPS) is 12.6. The molecule has 5 heteroatoms. The molecule has 0 saturated carbocycles. The number of thiazole rings is 1. The molecule has 0 aliphatic heterocycles. The predicted molar refractivity (Wildman–Crippen MR) is 50.9 cm³/mol. The summed E-state index contributed by atoms with van der Waals surface area (Å²) in [5.74, 6) is -0.340. The fourth-order valence-corrected chi connectivity index (χ4v) is 1.67. The van der Waals surface area contributed by atoms with Gasteiger partial charge in [-0.15, -0.1) is 11.3 Å². The van der Waals surface area contributed by atoms with Gasteiger partial charge < -0.3 is 4.74 Å². The van der Waals surface area contributed by atoms with E-state index in [1.807, 2.05) is 6.92 Å². The standard InChI is InChI=1S/C7H9NO2S2/c1-4(11)6-8-3-5(12-6)7(9)10-2/h3-4,11H,1-2H3. The molecule has 1 heterocycles. The van der Waals surface area contributed by atoms with Crippen molar-refractivity contribution in [3.05, 3.63) is 16.1 Å². The number of methoxy groups -OCH3 is 1. The van der Waals surface area contributed by atoms with E-state index in [4.69, 9.17) is 0 Å². The molecule has 0 amide bonds. The van der Waals surface area contributed by atoms with Crippen molar-refractivity contribution in [3.63, 3.8) is 0 Å². The van der Waals surface area contributed by atoms with Crippen LogP contribution in [0.25, 0.3) is 0 Å². The first-order valence-corrected chi connectivity index (χ1v) is 4.70. The monoisotopic (exact) mass is 203 g/mol. The first-order valence-electron chi connectivity index (χ1n) is 3.37. The second-order valence-corrected chi connectivity index (χ2v) is 4.07. The molecular weight excluding hydrogens is 194 g/mol. The maximum absolute atomic E-state index is 11.0. The zero-order valence-electron chi connectivity index (χ0n) is 6.77. The summed E-state index contributed by atoms with van der Waals surface area (Å²) in [6, 6.07) is 0. The largest absolute Gasteiger partial charge is 0.465 e. The second kappa shape index (κ2) is 3.91. The van der Waals surface area contributed by atoms with Crippen molar-refractivity contribution in [3.8, 4) is 0 Å². The minimum Gasteiger partial charge on any atom is -0.465 e. The average Bonchev–Trinajstić information content (AvgIpc) is 2.51. The molecule has 3 nitrogen and oxygen atoms in total. The van der Waals surface area contributed by atoms with Crippen LogP contribution in [0.2, 0.25) is 0 Å². The molecule has 1 aromatic heterocycles. The van der Waals surface area contributed by atoms with Gasteiger partial charge in [0.2, 0.25) is 0 Å². The lowest BCUT2D eigenvalue weighted by molar-refractivity contribution is 0.0606. The molecule has 0 bridgehead atoms. The Balaban J connectivity index is 2.84. The van der Waals surface area contributed by atoms with Crippen LogP contribution < -0.4 is 0 Å². The van der Waals surface area contributed by atoms with Gasteiger partial charge in [-0.1, -0.05) is 0 Å². The first kappa shape index (κ1) is 9.54. The maximum Gasteiger partial charge on any atom is 0.349 e. The van der Waals surface area contributed by atoms with Crippen LogP contribution in [0.1, 0.15) is 26.9 Å². The highest BCUT2D eigenvalue weighted by Gasteiger charge is 2.12. The van der Waals surface area contributed by atoms with Gasteiger partial charge in [-0.25, -0.2) is 9.78 Å². The Hall–Kier alpha value is -0.550. The number of carbonyl (C=O) groups is 1. The fraction of sp³-hybridized carbons (Fsp3) is 0.429. The number of carbonyl (C=O) groups excluding carboxylic acids is 1. The zero-order chi connectivity index (χ0) is 9.14. The highest BCUT2D eigenvalue weighted by molar-refractivity contribution is 7.80. The SMILES string of the molecule is COC(=O)c1cnc(C(C)S)s1. The van der Waals surface area contributed by atoms with E-state index >= 15 is 0 Å². The summed E-state index contributed by atoms with van der Waals surface area (Å²) >= 11 is 5.51. The Labute approximate surface area is 80.2 Å². The van der Waals surface area contributed by atoms with Gasteiger partial charge in [-0.05, 0) is 6.92 Å². The highest BCUT2D eigenvalue weighted by atomic mass is 32.1. The van der Waals surface area contributed by atoms with Crippen LogP contribution in [0, 0.1) is 0 Å². The van der Waals surface area contributed by atoms with Gasteiger partial charge in [0.05, 0.1) is 18.6 Å². The lowest BCUT2D eigenvalue weighted by Gasteiger charge is -1.94. The molecule has 66 valence electrons. The van der Waals surface area contributed by atoms with Crippen LogP contribution in [-0.2, 0) is 4.74 Å². The van der Waals surface area contributed by atoms with E-state index in [1.54, 1.807) is 0 Å². The maximum atomic E-state index is 11.0. The molecule has 1 rings (SSSR count).